The van der Waals surface area contributed by atoms with Gasteiger partial charge in [0.15, 0.2) is 11.5 Å². The molecule has 3 aromatic rings. The third-order valence-corrected chi connectivity index (χ3v) is 3.25. The van der Waals surface area contributed by atoms with E-state index in [1.165, 1.54) is 0 Å². The number of carbonyl (C=O) groups excluding carboxylic acids is 2. The van der Waals surface area contributed by atoms with Crippen molar-refractivity contribution in [2.45, 2.75) is 6.92 Å². The van der Waals surface area contributed by atoms with Crippen molar-refractivity contribution in [3.05, 3.63) is 41.3 Å². The summed E-state index contributed by atoms with van der Waals surface area (Å²) in [7, 11) is 0. The lowest BCUT2D eigenvalue weighted by molar-refractivity contribution is 0.0391. The molecule has 1 aliphatic rings. The molecule has 0 unspecified atom stereocenters. The number of oxazole rings is 1. The highest BCUT2D eigenvalue weighted by atomic mass is 16.6. The lowest BCUT2D eigenvalue weighted by atomic mass is 9.96. The Hall–Kier alpha value is -2.69. The summed E-state index contributed by atoms with van der Waals surface area (Å²) in [5.41, 5.74) is 1.90. The zero-order chi connectivity index (χ0) is 13.1. The molecule has 0 spiro atoms. The topological polar surface area (TPSA) is 69.4 Å². The summed E-state index contributed by atoms with van der Waals surface area (Å²) < 4.78 is 10.3. The van der Waals surface area contributed by atoms with Gasteiger partial charge in [-0.1, -0.05) is 12.1 Å². The number of fused-ring (bicyclic) bond motifs is 2. The van der Waals surface area contributed by atoms with Gasteiger partial charge in [0.05, 0.1) is 11.1 Å². The van der Waals surface area contributed by atoms with Gasteiger partial charge in [-0.2, -0.15) is 0 Å². The molecule has 0 fully saturated rings. The molecule has 0 saturated carbocycles. The van der Waals surface area contributed by atoms with Gasteiger partial charge in [-0.25, -0.2) is 14.6 Å². The molecule has 0 amide bonds. The normalized spacial score (nSPS) is 14.2. The van der Waals surface area contributed by atoms with Crippen LogP contribution in [0.25, 0.3) is 21.9 Å². The van der Waals surface area contributed by atoms with Gasteiger partial charge in [-0.3, -0.25) is 0 Å². The molecule has 2 aromatic carbocycles. The first-order chi connectivity index (χ1) is 9.15. The fraction of sp³-hybridized carbons (Fsp3) is 0.0714. The Morgan fingerprint density at radius 2 is 1.89 bits per heavy atom. The number of hydrogen-bond donors (Lipinski definition) is 0. The average Bonchev–Trinajstić information content (AvgIpc) is 2.76. The van der Waals surface area contributed by atoms with E-state index < -0.39 is 11.9 Å². The summed E-state index contributed by atoms with van der Waals surface area (Å²) in [4.78, 5) is 27.8. The number of aryl methyl sites for hydroxylation is 1. The minimum atomic E-state index is -0.642. The number of nitrogens with zero attached hydrogens (tertiary/aromatic N) is 1. The van der Waals surface area contributed by atoms with Crippen molar-refractivity contribution in [3.63, 3.8) is 0 Å². The van der Waals surface area contributed by atoms with Gasteiger partial charge in [0.2, 0.25) is 0 Å². The van der Waals surface area contributed by atoms with Gasteiger partial charge in [-0.15, -0.1) is 0 Å². The predicted molar refractivity (Wildman–Crippen MR) is 66.0 cm³/mol. The van der Waals surface area contributed by atoms with Crippen LogP contribution >= 0.6 is 0 Å². The molecule has 0 atom stereocenters. The van der Waals surface area contributed by atoms with Gasteiger partial charge >= 0.3 is 11.9 Å². The predicted octanol–water partition coefficient (Wildman–Crippen LogP) is 2.60. The van der Waals surface area contributed by atoms with Crippen LogP contribution < -0.4 is 0 Å². The molecule has 92 valence electrons. The molecule has 5 nitrogen and oxygen atoms in total. The second-order valence-electron chi connectivity index (χ2n) is 4.41. The number of esters is 2. The number of cyclic esters (lactones) is 2. The van der Waals surface area contributed by atoms with E-state index in [9.17, 15) is 9.59 Å². The van der Waals surface area contributed by atoms with E-state index in [0.717, 1.165) is 0 Å². The number of benzene rings is 2. The molecule has 0 N–H and O–H groups in total. The first kappa shape index (κ1) is 10.3. The number of aromatic nitrogens is 1. The Labute approximate surface area is 106 Å². The van der Waals surface area contributed by atoms with Crippen molar-refractivity contribution in [1.82, 2.24) is 4.98 Å². The average molecular weight is 253 g/mol. The van der Waals surface area contributed by atoms with Crippen LogP contribution in [0.4, 0.5) is 0 Å². The largest absolute Gasteiger partial charge is 0.440 e. The van der Waals surface area contributed by atoms with Gasteiger partial charge in [0.25, 0.3) is 0 Å². The third kappa shape index (κ3) is 1.21. The standard InChI is InChI=1S/C14H7NO4/c1-6-15-10-5-9-11-7(12(10)18-6)3-2-4-8(11)13(16)19-14(9)17/h2-5H,1H3. The number of carbonyl (C=O) groups is 2. The lowest BCUT2D eigenvalue weighted by Gasteiger charge is -2.14. The van der Waals surface area contributed by atoms with Crippen LogP contribution in [0.1, 0.15) is 26.6 Å². The molecule has 4 rings (SSSR count). The Kier molecular flexibility index (Phi) is 1.73. The zero-order valence-corrected chi connectivity index (χ0v) is 9.89. The molecule has 0 aliphatic carbocycles. The quantitative estimate of drug-likeness (QED) is 0.455. The molecule has 5 heteroatoms. The van der Waals surface area contributed by atoms with Gasteiger partial charge < -0.3 is 9.15 Å². The molecular weight excluding hydrogens is 246 g/mol. The highest BCUT2D eigenvalue weighted by molar-refractivity contribution is 6.24. The van der Waals surface area contributed by atoms with Crippen LogP contribution in [0, 0.1) is 6.92 Å². The Balaban J connectivity index is 2.33. The maximum Gasteiger partial charge on any atom is 0.346 e. The fourth-order valence-corrected chi connectivity index (χ4v) is 2.50. The first-order valence-corrected chi connectivity index (χ1v) is 5.74. The van der Waals surface area contributed by atoms with Gasteiger partial charge in [0, 0.05) is 17.7 Å². The van der Waals surface area contributed by atoms with E-state index in [0.29, 0.717) is 38.9 Å². The minimum Gasteiger partial charge on any atom is -0.440 e. The van der Waals surface area contributed by atoms with Crippen LogP contribution in [0.2, 0.25) is 0 Å². The molecule has 0 saturated heterocycles. The summed E-state index contributed by atoms with van der Waals surface area (Å²) in [5.74, 6) is -0.757. The summed E-state index contributed by atoms with van der Waals surface area (Å²) in [5, 5.41) is 1.28. The highest BCUT2D eigenvalue weighted by Crippen LogP contribution is 2.34. The smallest absolute Gasteiger partial charge is 0.346 e. The highest BCUT2D eigenvalue weighted by Gasteiger charge is 2.29. The molecule has 0 radical (unpaired) electrons. The summed E-state index contributed by atoms with van der Waals surface area (Å²) >= 11 is 0. The van der Waals surface area contributed by atoms with E-state index in [2.05, 4.69) is 4.98 Å². The third-order valence-electron chi connectivity index (χ3n) is 3.25. The number of rotatable bonds is 0. The second-order valence-corrected chi connectivity index (χ2v) is 4.41. The van der Waals surface area contributed by atoms with E-state index in [4.69, 9.17) is 9.15 Å². The van der Waals surface area contributed by atoms with Gasteiger partial charge in [-0.05, 0) is 12.1 Å². The van der Waals surface area contributed by atoms with Crippen LogP contribution in [-0.4, -0.2) is 16.9 Å². The van der Waals surface area contributed by atoms with Crippen molar-refractivity contribution in [3.8, 4) is 0 Å². The minimum absolute atomic E-state index is 0.353. The van der Waals surface area contributed by atoms with Crippen LogP contribution in [0.15, 0.2) is 28.7 Å². The molecule has 1 aromatic heterocycles. The van der Waals surface area contributed by atoms with Crippen LogP contribution in [-0.2, 0) is 4.74 Å². The van der Waals surface area contributed by atoms with E-state index >= 15 is 0 Å². The van der Waals surface area contributed by atoms with Crippen LogP contribution in [0.5, 0.6) is 0 Å². The van der Waals surface area contributed by atoms with E-state index in [1.54, 1.807) is 31.2 Å². The zero-order valence-electron chi connectivity index (χ0n) is 9.89. The summed E-state index contributed by atoms with van der Waals surface area (Å²) in [6.07, 6.45) is 0. The Morgan fingerprint density at radius 3 is 2.74 bits per heavy atom. The van der Waals surface area contributed by atoms with Crippen molar-refractivity contribution < 1.29 is 18.7 Å². The van der Waals surface area contributed by atoms with Crippen molar-refractivity contribution in [2.75, 3.05) is 0 Å². The van der Waals surface area contributed by atoms with E-state index in [1.807, 2.05) is 0 Å². The molecule has 0 bridgehead atoms. The molecule has 1 aliphatic heterocycles. The molecule has 19 heavy (non-hydrogen) atoms. The Morgan fingerprint density at radius 1 is 1.11 bits per heavy atom. The fourth-order valence-electron chi connectivity index (χ4n) is 2.50. The maximum atomic E-state index is 11.8. The van der Waals surface area contributed by atoms with Crippen molar-refractivity contribution in [2.24, 2.45) is 0 Å². The van der Waals surface area contributed by atoms with Crippen LogP contribution in [0.3, 0.4) is 0 Å². The molecule has 2 heterocycles. The lowest BCUT2D eigenvalue weighted by Crippen LogP contribution is -2.19. The second kappa shape index (κ2) is 3.20. The number of ether oxygens (including phenoxy) is 1. The molecular formula is C14H7NO4. The first-order valence-electron chi connectivity index (χ1n) is 5.74. The number of hydrogen-bond acceptors (Lipinski definition) is 5. The summed E-state index contributed by atoms with van der Waals surface area (Å²) in [6, 6.07) is 6.78. The summed E-state index contributed by atoms with van der Waals surface area (Å²) in [6.45, 7) is 1.73. The van der Waals surface area contributed by atoms with Gasteiger partial charge in [0.1, 0.15) is 5.52 Å². The Bertz CT molecular complexity index is 891. The van der Waals surface area contributed by atoms with Crippen molar-refractivity contribution in [1.29, 1.82) is 0 Å². The SMILES string of the molecule is Cc1nc2cc3c4c(cccc4c2o1)C(=O)OC3=O. The monoisotopic (exact) mass is 253 g/mol. The van der Waals surface area contributed by atoms with E-state index in [-0.39, 0.29) is 0 Å². The van der Waals surface area contributed by atoms with Crippen molar-refractivity contribution >= 4 is 33.8 Å². The maximum absolute atomic E-state index is 11.8.